The third kappa shape index (κ3) is 7.34. The number of halogens is 3. The van der Waals surface area contributed by atoms with Gasteiger partial charge < -0.3 is 14.6 Å². The highest BCUT2D eigenvalue weighted by molar-refractivity contribution is 5.94. The van der Waals surface area contributed by atoms with E-state index in [1.165, 1.54) is 17.4 Å². The molecular weight excluding hydrogens is 433 g/mol. The Kier molecular flexibility index (Phi) is 9.41. The number of carbonyl (C=O) groups excluding carboxylic acids is 1. The monoisotopic (exact) mass is 458 g/mol. The van der Waals surface area contributed by atoms with Crippen molar-refractivity contribution in [1.29, 1.82) is 0 Å². The van der Waals surface area contributed by atoms with Gasteiger partial charge in [-0.05, 0) is 49.0 Å². The summed E-state index contributed by atoms with van der Waals surface area (Å²) in [4.78, 5) is 19.9. The van der Waals surface area contributed by atoms with Gasteiger partial charge in [-0.1, -0.05) is 19.9 Å². The number of oxazole rings is 1. The second-order valence-corrected chi connectivity index (χ2v) is 6.67. The number of benzene rings is 2. The fraction of sp³-hybridized carbons (Fsp3) is 0.208. The molecule has 1 amide bonds. The maximum Gasteiger partial charge on any atom is 0.306 e. The van der Waals surface area contributed by atoms with E-state index in [1.54, 1.807) is 6.07 Å². The molecule has 0 saturated heterocycles. The maximum absolute atomic E-state index is 14.1. The van der Waals surface area contributed by atoms with E-state index in [4.69, 9.17) is 4.42 Å². The number of rotatable bonds is 8. The summed E-state index contributed by atoms with van der Waals surface area (Å²) in [5.74, 6) is -3.38. The van der Waals surface area contributed by atoms with Crippen LogP contribution in [0.3, 0.4) is 0 Å². The van der Waals surface area contributed by atoms with Gasteiger partial charge in [-0.25, -0.2) is 18.8 Å². The van der Waals surface area contributed by atoms with Crippen LogP contribution in [0.4, 0.5) is 18.9 Å². The number of hydrogen-bond acceptors (Lipinski definition) is 5. The Balaban J connectivity index is 0.00000187. The van der Waals surface area contributed by atoms with E-state index in [0.29, 0.717) is 11.6 Å². The fourth-order valence-corrected chi connectivity index (χ4v) is 2.87. The van der Waals surface area contributed by atoms with E-state index in [2.05, 4.69) is 22.0 Å². The largest absolute Gasteiger partial charge is 0.445 e. The minimum atomic E-state index is -1.15. The Hall–Kier alpha value is -3.88. The number of nitrogens with one attached hydrogen (secondary N) is 1. The number of hydrogen-bond donors (Lipinski definition) is 1. The van der Waals surface area contributed by atoms with Gasteiger partial charge >= 0.3 is 5.91 Å². The average molecular weight is 458 g/mol. The Morgan fingerprint density at radius 2 is 1.91 bits per heavy atom. The number of aryl methyl sites for hydroxylation is 1. The van der Waals surface area contributed by atoms with Gasteiger partial charge in [-0.3, -0.25) is 4.79 Å². The summed E-state index contributed by atoms with van der Waals surface area (Å²) in [6.45, 7) is 8.83. The zero-order valence-corrected chi connectivity index (χ0v) is 18.6. The number of nitrogens with zero attached hydrogens (tertiary/aromatic N) is 3. The highest BCUT2D eigenvalue weighted by atomic mass is 19.1. The lowest BCUT2D eigenvalue weighted by Crippen LogP contribution is -2.25. The van der Waals surface area contributed by atoms with E-state index in [1.807, 2.05) is 32.9 Å². The van der Waals surface area contributed by atoms with Gasteiger partial charge in [0.15, 0.2) is 0 Å². The molecule has 0 saturated carbocycles. The van der Waals surface area contributed by atoms with E-state index in [0.717, 1.165) is 35.5 Å². The van der Waals surface area contributed by atoms with E-state index in [-0.39, 0.29) is 18.8 Å². The van der Waals surface area contributed by atoms with Crippen molar-refractivity contribution in [2.75, 3.05) is 12.0 Å². The fourth-order valence-electron chi connectivity index (χ4n) is 2.87. The topological polar surface area (TPSA) is 70.7 Å². The van der Waals surface area contributed by atoms with Crippen molar-refractivity contribution < 1.29 is 22.4 Å². The van der Waals surface area contributed by atoms with E-state index in [9.17, 15) is 18.0 Å². The van der Waals surface area contributed by atoms with Crippen molar-refractivity contribution in [3.05, 3.63) is 83.6 Å². The SMILES string of the molecule is C=NC(=O)/C(F)=C\N(CNc1cc(-c2ncco2)ccc1C)Cc1cc(F)cc(F)c1.CC. The second-order valence-electron chi connectivity index (χ2n) is 6.67. The number of anilines is 1. The molecule has 1 aromatic heterocycles. The summed E-state index contributed by atoms with van der Waals surface area (Å²) in [5.41, 5.74) is 2.57. The third-order valence-corrected chi connectivity index (χ3v) is 4.34. The van der Waals surface area contributed by atoms with Crippen LogP contribution in [0.2, 0.25) is 0 Å². The molecule has 0 aliphatic carbocycles. The van der Waals surface area contributed by atoms with Crippen LogP contribution in [0.15, 0.2) is 70.3 Å². The molecule has 174 valence electrons. The molecule has 2 aromatic carbocycles. The van der Waals surface area contributed by atoms with Crippen molar-refractivity contribution in [1.82, 2.24) is 9.88 Å². The van der Waals surface area contributed by atoms with Gasteiger partial charge in [-0.2, -0.15) is 4.39 Å². The zero-order valence-electron chi connectivity index (χ0n) is 18.6. The Bertz CT molecular complexity index is 1090. The lowest BCUT2D eigenvalue weighted by atomic mass is 10.1. The average Bonchev–Trinajstić information content (AvgIpc) is 3.33. The summed E-state index contributed by atoms with van der Waals surface area (Å²) in [7, 11) is 0. The van der Waals surface area contributed by atoms with E-state index < -0.39 is 23.4 Å². The molecule has 0 aliphatic heterocycles. The predicted octanol–water partition coefficient (Wildman–Crippen LogP) is 5.86. The molecule has 0 spiro atoms. The molecule has 1 heterocycles. The van der Waals surface area contributed by atoms with Crippen LogP contribution in [-0.4, -0.2) is 29.2 Å². The molecule has 0 radical (unpaired) electrons. The van der Waals surface area contributed by atoms with Gasteiger partial charge in [0.25, 0.3) is 0 Å². The molecule has 9 heteroatoms. The lowest BCUT2D eigenvalue weighted by molar-refractivity contribution is -0.115. The molecule has 0 fully saturated rings. The number of carbonyl (C=O) groups is 1. The molecule has 3 aromatic rings. The van der Waals surface area contributed by atoms with Crippen molar-refractivity contribution in [3.63, 3.8) is 0 Å². The van der Waals surface area contributed by atoms with Gasteiger partial charge in [0.05, 0.1) is 12.9 Å². The first kappa shape index (κ1) is 25.4. The van der Waals surface area contributed by atoms with Crippen molar-refractivity contribution in [2.24, 2.45) is 4.99 Å². The summed E-state index contributed by atoms with van der Waals surface area (Å²) >= 11 is 0. The van der Waals surface area contributed by atoms with Gasteiger partial charge in [0.1, 0.15) is 17.9 Å². The lowest BCUT2D eigenvalue weighted by Gasteiger charge is -2.23. The predicted molar refractivity (Wildman–Crippen MR) is 122 cm³/mol. The van der Waals surface area contributed by atoms with Crippen LogP contribution in [0, 0.1) is 18.6 Å². The molecule has 1 N–H and O–H groups in total. The van der Waals surface area contributed by atoms with Crippen molar-refractivity contribution in [2.45, 2.75) is 27.3 Å². The van der Waals surface area contributed by atoms with Crippen LogP contribution in [0.5, 0.6) is 0 Å². The normalized spacial score (nSPS) is 10.8. The second kappa shape index (κ2) is 12.2. The zero-order chi connectivity index (χ0) is 24.4. The molecule has 0 bridgehead atoms. The van der Waals surface area contributed by atoms with Crippen LogP contribution < -0.4 is 5.32 Å². The highest BCUT2D eigenvalue weighted by Crippen LogP contribution is 2.24. The number of amides is 1. The molecule has 3 rings (SSSR count). The first-order chi connectivity index (χ1) is 15.9. The first-order valence-corrected chi connectivity index (χ1v) is 10.2. The molecule has 0 atom stereocenters. The van der Waals surface area contributed by atoms with Crippen LogP contribution in [0.25, 0.3) is 11.5 Å². The molecule has 0 aliphatic rings. The first-order valence-electron chi connectivity index (χ1n) is 10.2. The number of aliphatic imine (C=N–C) groups is 1. The number of aromatic nitrogens is 1. The smallest absolute Gasteiger partial charge is 0.306 e. The van der Waals surface area contributed by atoms with Crippen LogP contribution >= 0.6 is 0 Å². The van der Waals surface area contributed by atoms with Crippen LogP contribution in [-0.2, 0) is 11.3 Å². The molecule has 0 unspecified atom stereocenters. The Morgan fingerprint density at radius 3 is 2.52 bits per heavy atom. The molecule has 6 nitrogen and oxygen atoms in total. The molecule has 33 heavy (non-hydrogen) atoms. The van der Waals surface area contributed by atoms with Gasteiger partial charge in [-0.15, -0.1) is 0 Å². The summed E-state index contributed by atoms with van der Waals surface area (Å²) in [6, 6.07) is 8.50. The highest BCUT2D eigenvalue weighted by Gasteiger charge is 2.12. The molecular formula is C24H25F3N4O2. The van der Waals surface area contributed by atoms with Crippen LogP contribution in [0.1, 0.15) is 25.0 Å². The standard InChI is InChI=1S/C22H19F3N4O2.C2H6/c1-14-3-4-16(22-27-5-6-31-22)9-20(14)28-13-29(12-19(25)21(30)26-2)11-15-7-17(23)10-18(24)8-15;1-2/h3-10,12,28H,2,11,13H2,1H3;1-2H3/b19-12+;. The summed E-state index contributed by atoms with van der Waals surface area (Å²) < 4.78 is 46.5. The Morgan fingerprint density at radius 1 is 1.21 bits per heavy atom. The van der Waals surface area contributed by atoms with Gasteiger partial charge in [0, 0.05) is 30.1 Å². The maximum atomic E-state index is 14.1. The summed E-state index contributed by atoms with van der Waals surface area (Å²) in [5, 5.41) is 3.13. The Labute approximate surface area is 190 Å². The quantitative estimate of drug-likeness (QED) is 0.260. The van der Waals surface area contributed by atoms with Gasteiger partial charge in [0.2, 0.25) is 11.7 Å². The minimum Gasteiger partial charge on any atom is -0.445 e. The van der Waals surface area contributed by atoms with Crippen molar-refractivity contribution >= 4 is 18.3 Å². The van der Waals surface area contributed by atoms with Crippen molar-refractivity contribution in [3.8, 4) is 11.5 Å². The summed E-state index contributed by atoms with van der Waals surface area (Å²) in [6.07, 6.45) is 3.90. The third-order valence-electron chi connectivity index (χ3n) is 4.34. The van der Waals surface area contributed by atoms with E-state index >= 15 is 0 Å². The minimum absolute atomic E-state index is 0.0197.